The molecule has 0 bridgehead atoms. The number of esters is 1. The second-order valence-corrected chi connectivity index (χ2v) is 6.26. The molecule has 4 nitrogen and oxygen atoms in total. The van der Waals surface area contributed by atoms with Crippen molar-refractivity contribution in [1.29, 1.82) is 5.41 Å². The number of nitrogens with one attached hydrogen (secondary N) is 1. The molecule has 3 atom stereocenters. The molecule has 0 radical (unpaired) electrons. The predicted molar refractivity (Wildman–Crippen MR) is 88.9 cm³/mol. The highest BCUT2D eigenvalue weighted by molar-refractivity contribution is 6.12. The monoisotopic (exact) mass is 300 g/mol. The summed E-state index contributed by atoms with van der Waals surface area (Å²) < 4.78 is 5.41. The van der Waals surface area contributed by atoms with Crippen molar-refractivity contribution in [2.45, 2.75) is 52.7 Å². The van der Waals surface area contributed by atoms with E-state index in [1.165, 1.54) is 0 Å². The van der Waals surface area contributed by atoms with Crippen LogP contribution in [0.2, 0.25) is 0 Å². The average molecular weight is 300 g/mol. The van der Waals surface area contributed by atoms with Gasteiger partial charge in [-0.1, -0.05) is 29.8 Å². The Bertz CT molecular complexity index is 619. The standard InChI is InChI=1S/C18H24N2O2/c1-10(2)22-18(21)15-12(4)20-13(5)17(19)16(15)14-8-6-7-11(3)9-14/h6-10,13,15-16,19H,1-5H3. The zero-order chi connectivity index (χ0) is 16.4. The van der Waals surface area contributed by atoms with Crippen LogP contribution in [-0.4, -0.2) is 29.5 Å². The van der Waals surface area contributed by atoms with Crippen molar-refractivity contribution >= 4 is 17.4 Å². The van der Waals surface area contributed by atoms with Crippen LogP contribution in [0, 0.1) is 18.3 Å². The highest BCUT2D eigenvalue weighted by atomic mass is 16.5. The van der Waals surface area contributed by atoms with Gasteiger partial charge in [-0.2, -0.15) is 0 Å². The highest BCUT2D eigenvalue weighted by Gasteiger charge is 2.41. The van der Waals surface area contributed by atoms with E-state index in [9.17, 15) is 4.79 Å². The molecule has 0 aliphatic carbocycles. The van der Waals surface area contributed by atoms with Crippen LogP contribution in [0.5, 0.6) is 0 Å². The van der Waals surface area contributed by atoms with Crippen molar-refractivity contribution in [3.05, 3.63) is 35.4 Å². The molecule has 0 amide bonds. The van der Waals surface area contributed by atoms with E-state index in [1.54, 1.807) is 0 Å². The molecule has 1 aromatic carbocycles. The highest BCUT2D eigenvalue weighted by Crippen LogP contribution is 2.34. The first-order valence-electron chi connectivity index (χ1n) is 7.71. The molecule has 4 heteroatoms. The molecule has 0 saturated heterocycles. The number of rotatable bonds is 3. The average Bonchev–Trinajstić information content (AvgIpc) is 2.41. The minimum absolute atomic E-state index is 0.174. The molecule has 0 saturated carbocycles. The summed E-state index contributed by atoms with van der Waals surface area (Å²) in [6, 6.07) is 7.80. The third-order valence-corrected chi connectivity index (χ3v) is 3.97. The summed E-state index contributed by atoms with van der Waals surface area (Å²) >= 11 is 0. The summed E-state index contributed by atoms with van der Waals surface area (Å²) in [6.45, 7) is 9.45. The molecule has 1 aliphatic heterocycles. The van der Waals surface area contributed by atoms with Gasteiger partial charge in [0.2, 0.25) is 0 Å². The van der Waals surface area contributed by atoms with Gasteiger partial charge in [0.1, 0.15) is 5.92 Å². The molecule has 2 rings (SSSR count). The fraction of sp³-hybridized carbons (Fsp3) is 0.500. The quantitative estimate of drug-likeness (QED) is 0.868. The molecule has 1 aromatic rings. The van der Waals surface area contributed by atoms with Crippen LogP contribution in [-0.2, 0) is 9.53 Å². The lowest BCUT2D eigenvalue weighted by Gasteiger charge is -2.33. The molecule has 22 heavy (non-hydrogen) atoms. The van der Waals surface area contributed by atoms with Crippen molar-refractivity contribution < 1.29 is 9.53 Å². The number of benzene rings is 1. The first-order valence-corrected chi connectivity index (χ1v) is 7.71. The topological polar surface area (TPSA) is 62.5 Å². The molecule has 1 aliphatic rings. The zero-order valence-corrected chi connectivity index (χ0v) is 13.9. The van der Waals surface area contributed by atoms with Crippen LogP contribution in [0.1, 0.15) is 44.7 Å². The van der Waals surface area contributed by atoms with E-state index in [-0.39, 0.29) is 24.0 Å². The molecule has 1 heterocycles. The van der Waals surface area contributed by atoms with Gasteiger partial charge in [0, 0.05) is 17.3 Å². The van der Waals surface area contributed by atoms with Gasteiger partial charge in [0.15, 0.2) is 0 Å². The van der Waals surface area contributed by atoms with Gasteiger partial charge in [0.05, 0.1) is 12.1 Å². The molecular weight excluding hydrogens is 276 g/mol. The van der Waals surface area contributed by atoms with Gasteiger partial charge < -0.3 is 10.1 Å². The van der Waals surface area contributed by atoms with Crippen molar-refractivity contribution in [2.75, 3.05) is 0 Å². The largest absolute Gasteiger partial charge is 0.462 e. The maximum absolute atomic E-state index is 12.5. The van der Waals surface area contributed by atoms with Gasteiger partial charge in [-0.05, 0) is 40.2 Å². The van der Waals surface area contributed by atoms with Crippen LogP contribution in [0.3, 0.4) is 0 Å². The van der Waals surface area contributed by atoms with Gasteiger partial charge in [-0.15, -0.1) is 0 Å². The number of hydrogen-bond donors (Lipinski definition) is 1. The number of hydrogen-bond acceptors (Lipinski definition) is 4. The summed E-state index contributed by atoms with van der Waals surface area (Å²) in [5, 5.41) is 8.44. The third kappa shape index (κ3) is 3.26. The molecule has 0 spiro atoms. The van der Waals surface area contributed by atoms with Crippen molar-refractivity contribution in [3.8, 4) is 0 Å². The Morgan fingerprint density at radius 2 is 2.00 bits per heavy atom. The molecule has 0 fully saturated rings. The summed E-state index contributed by atoms with van der Waals surface area (Å²) in [6.07, 6.45) is -0.174. The minimum atomic E-state index is -0.507. The molecule has 118 valence electrons. The summed E-state index contributed by atoms with van der Waals surface area (Å²) in [4.78, 5) is 17.0. The van der Waals surface area contributed by atoms with Crippen LogP contribution in [0.4, 0.5) is 0 Å². The van der Waals surface area contributed by atoms with Crippen LogP contribution in [0.25, 0.3) is 0 Å². The Hall–Kier alpha value is -1.97. The van der Waals surface area contributed by atoms with Crippen molar-refractivity contribution in [1.82, 2.24) is 0 Å². The van der Waals surface area contributed by atoms with Crippen molar-refractivity contribution in [2.24, 2.45) is 10.9 Å². The molecule has 1 N–H and O–H groups in total. The Kier molecular flexibility index (Phi) is 4.79. The Labute approximate surface area is 132 Å². The molecule has 3 unspecified atom stereocenters. The third-order valence-electron chi connectivity index (χ3n) is 3.97. The Morgan fingerprint density at radius 3 is 2.59 bits per heavy atom. The number of aliphatic imine (C=N–C) groups is 1. The Morgan fingerprint density at radius 1 is 1.32 bits per heavy atom. The molecular formula is C18H24N2O2. The van der Waals surface area contributed by atoms with E-state index < -0.39 is 5.92 Å². The first kappa shape index (κ1) is 16.4. The SMILES string of the molecule is CC1=NC(C)C(=N)C(c2cccc(C)c2)C1C(=O)OC(C)C. The summed E-state index contributed by atoms with van der Waals surface area (Å²) in [7, 11) is 0. The van der Waals surface area contributed by atoms with Gasteiger partial charge in [-0.25, -0.2) is 0 Å². The second kappa shape index (κ2) is 6.42. The van der Waals surface area contributed by atoms with Gasteiger partial charge in [-0.3, -0.25) is 9.79 Å². The summed E-state index contributed by atoms with van der Waals surface area (Å²) in [5.41, 5.74) is 3.33. The number of ether oxygens (including phenoxy) is 1. The normalized spacial score (nSPS) is 25.1. The van der Waals surface area contributed by atoms with E-state index in [1.807, 2.05) is 58.9 Å². The maximum Gasteiger partial charge on any atom is 0.315 e. The van der Waals surface area contributed by atoms with E-state index in [2.05, 4.69) is 4.99 Å². The summed E-state index contributed by atoms with van der Waals surface area (Å²) in [5.74, 6) is -1.09. The fourth-order valence-electron chi connectivity index (χ4n) is 2.98. The van der Waals surface area contributed by atoms with Gasteiger partial charge >= 0.3 is 5.97 Å². The van der Waals surface area contributed by atoms with E-state index in [0.717, 1.165) is 16.8 Å². The number of nitrogens with zero attached hydrogens (tertiary/aromatic N) is 1. The lowest BCUT2D eigenvalue weighted by atomic mass is 9.75. The number of aryl methyl sites for hydroxylation is 1. The number of carbonyl (C=O) groups excluding carboxylic acids is 1. The predicted octanol–water partition coefficient (Wildman–Crippen LogP) is 3.53. The number of carbonyl (C=O) groups is 1. The van der Waals surface area contributed by atoms with Crippen LogP contribution >= 0.6 is 0 Å². The maximum atomic E-state index is 12.5. The minimum Gasteiger partial charge on any atom is -0.462 e. The lowest BCUT2D eigenvalue weighted by molar-refractivity contribution is -0.150. The first-order chi connectivity index (χ1) is 10.3. The van der Waals surface area contributed by atoms with Crippen LogP contribution in [0.15, 0.2) is 29.3 Å². The van der Waals surface area contributed by atoms with Crippen LogP contribution < -0.4 is 0 Å². The second-order valence-electron chi connectivity index (χ2n) is 6.26. The van der Waals surface area contributed by atoms with E-state index >= 15 is 0 Å². The zero-order valence-electron chi connectivity index (χ0n) is 13.9. The fourth-order valence-corrected chi connectivity index (χ4v) is 2.98. The van der Waals surface area contributed by atoms with Gasteiger partial charge in [0.25, 0.3) is 0 Å². The molecule has 0 aromatic heterocycles. The Balaban J connectivity index is 2.47. The smallest absolute Gasteiger partial charge is 0.315 e. The van der Waals surface area contributed by atoms with Crippen molar-refractivity contribution in [3.63, 3.8) is 0 Å². The lowest BCUT2D eigenvalue weighted by Crippen LogP contribution is -2.42. The van der Waals surface area contributed by atoms with E-state index in [4.69, 9.17) is 10.1 Å². The van der Waals surface area contributed by atoms with E-state index in [0.29, 0.717) is 5.71 Å².